The van der Waals surface area contributed by atoms with Crippen molar-refractivity contribution < 1.29 is 23.4 Å². The van der Waals surface area contributed by atoms with Crippen LogP contribution in [-0.4, -0.2) is 19.2 Å². The fraction of sp³-hybridized carbons (Fsp3) is 0.238. The van der Waals surface area contributed by atoms with Gasteiger partial charge in [-0.2, -0.15) is 0 Å². The molecule has 0 aliphatic carbocycles. The minimum Gasteiger partial charge on any atom is -0.494 e. The number of rotatable bonds is 6. The number of ether oxygens (including phenoxy) is 3. The van der Waals surface area contributed by atoms with Crippen LogP contribution >= 0.6 is 0 Å². The van der Waals surface area contributed by atoms with Crippen LogP contribution < -0.4 is 14.9 Å². The average Bonchev–Trinajstić information content (AvgIpc) is 2.66. The summed E-state index contributed by atoms with van der Waals surface area (Å²) in [6, 6.07) is 11.4. The minimum atomic E-state index is -0.407. The normalized spacial score (nSPS) is 10.6. The summed E-state index contributed by atoms with van der Waals surface area (Å²) in [5.74, 6) is 1.11. The molecular formula is C21H20O6. The predicted molar refractivity (Wildman–Crippen MR) is 101 cm³/mol. The molecule has 27 heavy (non-hydrogen) atoms. The molecule has 0 aliphatic rings. The topological polar surface area (TPSA) is 75.0 Å². The highest BCUT2D eigenvalue weighted by molar-refractivity contribution is 5.89. The first-order valence-electron chi connectivity index (χ1n) is 8.68. The lowest BCUT2D eigenvalue weighted by Crippen LogP contribution is -2.08. The summed E-state index contributed by atoms with van der Waals surface area (Å²) in [5.41, 5.74) is 0.578. The standard InChI is InChI=1S/C21H20O6/c1-4-24-16-10-11-17-18(12-16)26-13(3)20(19(17)22)27-15-8-6-14(7-9-15)21(23)25-5-2/h6-12H,4-5H2,1-3H3. The number of esters is 1. The zero-order valence-corrected chi connectivity index (χ0v) is 15.4. The third kappa shape index (κ3) is 3.95. The van der Waals surface area contributed by atoms with Gasteiger partial charge in [0.05, 0.1) is 24.2 Å². The monoisotopic (exact) mass is 368 g/mol. The van der Waals surface area contributed by atoms with E-state index in [4.69, 9.17) is 18.6 Å². The molecule has 0 spiro atoms. The number of hydrogen-bond donors (Lipinski definition) is 0. The predicted octanol–water partition coefficient (Wildman–Crippen LogP) is 4.47. The number of carbonyl (C=O) groups excluding carboxylic acids is 1. The lowest BCUT2D eigenvalue weighted by atomic mass is 10.2. The Labute approximate surface area is 156 Å². The summed E-state index contributed by atoms with van der Waals surface area (Å²) < 4.78 is 21.9. The number of fused-ring (bicyclic) bond motifs is 1. The van der Waals surface area contributed by atoms with E-state index >= 15 is 0 Å². The van der Waals surface area contributed by atoms with E-state index < -0.39 is 5.97 Å². The van der Waals surface area contributed by atoms with Crippen LogP contribution in [-0.2, 0) is 4.74 Å². The molecule has 3 aromatic rings. The molecule has 0 bridgehead atoms. The van der Waals surface area contributed by atoms with Crippen LogP contribution in [0.25, 0.3) is 11.0 Å². The quantitative estimate of drug-likeness (QED) is 0.598. The number of carbonyl (C=O) groups is 1. The van der Waals surface area contributed by atoms with Crippen molar-refractivity contribution in [1.82, 2.24) is 0 Å². The third-order valence-electron chi connectivity index (χ3n) is 3.88. The van der Waals surface area contributed by atoms with E-state index in [2.05, 4.69) is 0 Å². The van der Waals surface area contributed by atoms with E-state index in [0.29, 0.717) is 47.0 Å². The molecule has 0 fully saturated rings. The molecule has 6 nitrogen and oxygen atoms in total. The lowest BCUT2D eigenvalue weighted by Gasteiger charge is -2.10. The van der Waals surface area contributed by atoms with Gasteiger partial charge in [0.15, 0.2) is 0 Å². The highest BCUT2D eigenvalue weighted by Gasteiger charge is 2.15. The second-order valence-electron chi connectivity index (χ2n) is 5.75. The molecule has 0 amide bonds. The van der Waals surface area contributed by atoms with E-state index in [1.807, 2.05) is 6.92 Å². The summed E-state index contributed by atoms with van der Waals surface area (Å²) >= 11 is 0. The van der Waals surface area contributed by atoms with Crippen LogP contribution in [0.4, 0.5) is 0 Å². The van der Waals surface area contributed by atoms with Gasteiger partial charge in [0, 0.05) is 6.07 Å². The van der Waals surface area contributed by atoms with Crippen molar-refractivity contribution in [2.75, 3.05) is 13.2 Å². The fourth-order valence-electron chi connectivity index (χ4n) is 2.63. The van der Waals surface area contributed by atoms with Crippen LogP contribution in [0.3, 0.4) is 0 Å². The van der Waals surface area contributed by atoms with Gasteiger partial charge in [-0.3, -0.25) is 4.79 Å². The first-order valence-corrected chi connectivity index (χ1v) is 8.68. The summed E-state index contributed by atoms with van der Waals surface area (Å²) in [5, 5.41) is 0.405. The van der Waals surface area contributed by atoms with Crippen molar-refractivity contribution in [2.45, 2.75) is 20.8 Å². The van der Waals surface area contributed by atoms with Crippen molar-refractivity contribution in [2.24, 2.45) is 0 Å². The van der Waals surface area contributed by atoms with Crippen molar-refractivity contribution >= 4 is 16.9 Å². The molecule has 1 aromatic heterocycles. The summed E-state index contributed by atoms with van der Waals surface area (Å²) in [6.07, 6.45) is 0. The van der Waals surface area contributed by atoms with Crippen molar-refractivity contribution in [3.63, 3.8) is 0 Å². The molecule has 3 rings (SSSR count). The summed E-state index contributed by atoms with van der Waals surface area (Å²) in [7, 11) is 0. The van der Waals surface area contributed by atoms with Gasteiger partial charge >= 0.3 is 5.97 Å². The van der Waals surface area contributed by atoms with Crippen LogP contribution in [0.15, 0.2) is 51.7 Å². The van der Waals surface area contributed by atoms with E-state index in [0.717, 1.165) is 0 Å². The Balaban J connectivity index is 1.91. The smallest absolute Gasteiger partial charge is 0.338 e. The maximum absolute atomic E-state index is 12.8. The Morgan fingerprint density at radius 3 is 2.37 bits per heavy atom. The number of hydrogen-bond acceptors (Lipinski definition) is 6. The van der Waals surface area contributed by atoms with Crippen molar-refractivity contribution in [3.05, 3.63) is 64.0 Å². The zero-order chi connectivity index (χ0) is 19.4. The van der Waals surface area contributed by atoms with Gasteiger partial charge in [0.25, 0.3) is 0 Å². The van der Waals surface area contributed by atoms with Crippen LogP contribution in [0, 0.1) is 6.92 Å². The first kappa shape index (κ1) is 18.5. The van der Waals surface area contributed by atoms with Gasteiger partial charge < -0.3 is 18.6 Å². The van der Waals surface area contributed by atoms with E-state index in [9.17, 15) is 9.59 Å². The van der Waals surface area contributed by atoms with Crippen molar-refractivity contribution in [1.29, 1.82) is 0 Å². The highest BCUT2D eigenvalue weighted by atomic mass is 16.5. The summed E-state index contributed by atoms with van der Waals surface area (Å²) in [6.45, 7) is 6.12. The van der Waals surface area contributed by atoms with Gasteiger partial charge in [0.2, 0.25) is 11.2 Å². The maximum Gasteiger partial charge on any atom is 0.338 e. The largest absolute Gasteiger partial charge is 0.494 e. The second-order valence-corrected chi connectivity index (χ2v) is 5.75. The Morgan fingerprint density at radius 2 is 1.70 bits per heavy atom. The maximum atomic E-state index is 12.8. The molecule has 140 valence electrons. The van der Waals surface area contributed by atoms with Gasteiger partial charge in [-0.15, -0.1) is 0 Å². The molecule has 2 aromatic carbocycles. The van der Waals surface area contributed by atoms with Crippen LogP contribution in [0.5, 0.6) is 17.2 Å². The fourth-order valence-corrected chi connectivity index (χ4v) is 2.63. The molecule has 0 radical (unpaired) electrons. The first-order chi connectivity index (χ1) is 13.0. The van der Waals surface area contributed by atoms with Gasteiger partial charge in [-0.05, 0) is 57.2 Å². The molecular weight excluding hydrogens is 348 g/mol. The highest BCUT2D eigenvalue weighted by Crippen LogP contribution is 2.27. The molecule has 6 heteroatoms. The molecule has 0 unspecified atom stereocenters. The van der Waals surface area contributed by atoms with Crippen LogP contribution in [0.2, 0.25) is 0 Å². The summed E-state index contributed by atoms with van der Waals surface area (Å²) in [4.78, 5) is 24.5. The second kappa shape index (κ2) is 7.95. The van der Waals surface area contributed by atoms with E-state index in [1.165, 1.54) is 0 Å². The Hall–Kier alpha value is -3.28. The minimum absolute atomic E-state index is 0.107. The molecule has 1 heterocycles. The Kier molecular flexibility index (Phi) is 5.45. The number of aryl methyl sites for hydroxylation is 1. The van der Waals surface area contributed by atoms with Gasteiger partial charge in [-0.25, -0.2) is 4.79 Å². The van der Waals surface area contributed by atoms with E-state index in [1.54, 1.807) is 56.3 Å². The molecule has 0 atom stereocenters. The Morgan fingerprint density at radius 1 is 1.00 bits per heavy atom. The van der Waals surface area contributed by atoms with E-state index in [-0.39, 0.29) is 11.2 Å². The van der Waals surface area contributed by atoms with Crippen LogP contribution in [0.1, 0.15) is 30.0 Å². The number of benzene rings is 2. The lowest BCUT2D eigenvalue weighted by molar-refractivity contribution is 0.0526. The third-order valence-corrected chi connectivity index (χ3v) is 3.88. The zero-order valence-electron chi connectivity index (χ0n) is 15.4. The van der Waals surface area contributed by atoms with Gasteiger partial charge in [-0.1, -0.05) is 0 Å². The van der Waals surface area contributed by atoms with Crippen molar-refractivity contribution in [3.8, 4) is 17.2 Å². The molecule has 0 saturated heterocycles. The molecule has 0 N–H and O–H groups in total. The van der Waals surface area contributed by atoms with Gasteiger partial charge in [0.1, 0.15) is 22.8 Å². The Bertz CT molecular complexity index is 1020. The molecule has 0 aliphatic heterocycles. The SMILES string of the molecule is CCOC(=O)c1ccc(Oc2c(C)oc3cc(OCC)ccc3c2=O)cc1. The molecule has 0 saturated carbocycles. The average molecular weight is 368 g/mol.